The molecule has 12 nitrogen and oxygen atoms in total. The summed E-state index contributed by atoms with van der Waals surface area (Å²) in [5.41, 5.74) is 4.32. The number of phenolic OH excluding ortho intramolecular Hbond substituents is 1. The second kappa shape index (κ2) is 19.4. The number of H-pyrrole nitrogens is 1. The highest BCUT2D eigenvalue weighted by atomic mass is 19.1. The molecule has 3 saturated heterocycles. The molecule has 5 aromatic carbocycles. The third kappa shape index (κ3) is 10.3. The predicted octanol–water partition coefficient (Wildman–Crippen LogP) is 7.08. The lowest BCUT2D eigenvalue weighted by atomic mass is 9.86. The summed E-state index contributed by atoms with van der Waals surface area (Å²) < 4.78 is 32.6. The number of ether oxygens (including phenoxy) is 3. The van der Waals surface area contributed by atoms with Crippen LogP contribution >= 0.6 is 0 Å². The number of esters is 1. The average Bonchev–Trinajstić information content (AvgIpc) is 3.29. The van der Waals surface area contributed by atoms with E-state index in [4.69, 9.17) is 14.2 Å². The number of amides is 1. The molecule has 1 unspecified atom stereocenters. The van der Waals surface area contributed by atoms with Crippen molar-refractivity contribution in [2.45, 2.75) is 50.7 Å². The highest BCUT2D eigenvalue weighted by Gasteiger charge is 2.37. The van der Waals surface area contributed by atoms with Crippen molar-refractivity contribution in [1.82, 2.24) is 20.5 Å². The largest absolute Gasteiger partial charge is 0.506 e. The normalized spacial score (nSPS) is 17.9. The zero-order chi connectivity index (χ0) is 43.0. The number of aromatic amines is 1. The number of benzene rings is 5. The molecule has 3 fully saturated rings. The Morgan fingerprint density at radius 1 is 0.855 bits per heavy atom. The van der Waals surface area contributed by atoms with Crippen LogP contribution in [0.5, 0.6) is 11.5 Å². The van der Waals surface area contributed by atoms with Crippen LogP contribution in [0.15, 0.2) is 126 Å². The second-order valence-electron chi connectivity index (χ2n) is 15.9. The van der Waals surface area contributed by atoms with E-state index < -0.39 is 30.0 Å². The van der Waals surface area contributed by atoms with Crippen molar-refractivity contribution in [3.8, 4) is 11.5 Å². The highest BCUT2D eigenvalue weighted by molar-refractivity contribution is 5.89. The van der Waals surface area contributed by atoms with Crippen molar-refractivity contribution in [3.63, 3.8) is 0 Å². The maximum Gasteiger partial charge on any atom is 0.408 e. The van der Waals surface area contributed by atoms with Crippen LogP contribution < -0.4 is 20.9 Å². The van der Waals surface area contributed by atoms with Gasteiger partial charge in [-0.05, 0) is 115 Å². The van der Waals surface area contributed by atoms with Crippen LogP contribution in [-0.2, 0) is 29.1 Å². The first-order chi connectivity index (χ1) is 30.2. The number of phenols is 1. The van der Waals surface area contributed by atoms with Crippen LogP contribution in [0.25, 0.3) is 10.9 Å². The molecule has 6 aromatic rings. The number of nitrogens with zero attached hydrogens (tertiary/aromatic N) is 1. The van der Waals surface area contributed by atoms with E-state index in [9.17, 15) is 24.6 Å². The zero-order valence-electron chi connectivity index (χ0n) is 34.1. The number of hydrogen-bond donors (Lipinski definition) is 5. The van der Waals surface area contributed by atoms with Gasteiger partial charge in [-0.15, -0.1) is 0 Å². The summed E-state index contributed by atoms with van der Waals surface area (Å²) in [6.07, 6.45) is 1.13. The van der Waals surface area contributed by atoms with Crippen molar-refractivity contribution in [2.75, 3.05) is 32.7 Å². The summed E-state index contributed by atoms with van der Waals surface area (Å²) in [5, 5.41) is 27.7. The first kappa shape index (κ1) is 42.2. The molecule has 3 aliphatic heterocycles. The summed E-state index contributed by atoms with van der Waals surface area (Å²) in [7, 11) is 0. The smallest absolute Gasteiger partial charge is 0.408 e. The van der Waals surface area contributed by atoms with Crippen molar-refractivity contribution in [3.05, 3.63) is 176 Å². The second-order valence-corrected chi connectivity index (χ2v) is 15.9. The van der Waals surface area contributed by atoms with Gasteiger partial charge in [0.1, 0.15) is 36.6 Å². The Hall–Kier alpha value is -6.54. The maximum atomic E-state index is 15.0. The maximum absolute atomic E-state index is 15.0. The Morgan fingerprint density at radius 3 is 2.39 bits per heavy atom. The number of nitrogens with one attached hydrogen (secondary N) is 3. The summed E-state index contributed by atoms with van der Waals surface area (Å²) >= 11 is 0. The van der Waals surface area contributed by atoms with E-state index >= 15 is 4.39 Å². The quantitative estimate of drug-likeness (QED) is 0.0503. The molecule has 62 heavy (non-hydrogen) atoms. The molecule has 3 aliphatic rings. The van der Waals surface area contributed by atoms with Gasteiger partial charge in [-0.3, -0.25) is 9.69 Å². The number of aromatic hydroxyl groups is 1. The molecule has 0 saturated carbocycles. The molecule has 1 amide bonds. The first-order valence-corrected chi connectivity index (χ1v) is 20.9. The topological polar surface area (TPSA) is 162 Å². The lowest BCUT2D eigenvalue weighted by Crippen LogP contribution is -2.52. The molecule has 13 heteroatoms. The number of aromatic nitrogens is 1. The first-order valence-electron chi connectivity index (χ1n) is 20.9. The van der Waals surface area contributed by atoms with Gasteiger partial charge in [0.25, 0.3) is 0 Å². The Morgan fingerprint density at radius 2 is 1.63 bits per heavy atom. The van der Waals surface area contributed by atoms with E-state index in [0.29, 0.717) is 41.1 Å². The Labute approximate surface area is 358 Å². The SMILES string of the molecule is O=C(NC(c1ccccc1)c1cccc(OCc2ccc(C(=O)OCc3ccc(CCNC[C@H](O)c4ccc(O)c5[nH]c(=O)ccc45)cc3F)cc2)c1)O[C@@H]1CN2CCC1CC2. The van der Waals surface area contributed by atoms with Crippen LogP contribution in [0.1, 0.15) is 68.7 Å². The van der Waals surface area contributed by atoms with Gasteiger partial charge < -0.3 is 40.0 Å². The van der Waals surface area contributed by atoms with Crippen molar-refractivity contribution >= 4 is 23.0 Å². The predicted molar refractivity (Wildman–Crippen MR) is 231 cm³/mol. The van der Waals surface area contributed by atoms with Crippen molar-refractivity contribution in [1.29, 1.82) is 0 Å². The summed E-state index contributed by atoms with van der Waals surface area (Å²) in [5.74, 6) is -0.147. The molecular formula is C49H49FN4O8. The lowest BCUT2D eigenvalue weighted by molar-refractivity contribution is -0.0336. The van der Waals surface area contributed by atoms with E-state index in [1.54, 1.807) is 48.5 Å². The van der Waals surface area contributed by atoms with Gasteiger partial charge in [0.05, 0.1) is 23.2 Å². The molecular weight excluding hydrogens is 792 g/mol. The number of piperidine rings is 3. The monoisotopic (exact) mass is 840 g/mol. The van der Waals surface area contributed by atoms with Crippen LogP contribution in [0.4, 0.5) is 9.18 Å². The van der Waals surface area contributed by atoms with Crippen LogP contribution in [0.3, 0.4) is 0 Å². The third-order valence-corrected chi connectivity index (χ3v) is 11.7. The van der Waals surface area contributed by atoms with Gasteiger partial charge in [-0.2, -0.15) is 0 Å². The van der Waals surface area contributed by atoms with Gasteiger partial charge >= 0.3 is 12.1 Å². The molecule has 0 aliphatic carbocycles. The molecule has 320 valence electrons. The van der Waals surface area contributed by atoms with E-state index in [1.807, 2.05) is 54.6 Å². The Balaban J connectivity index is 0.797. The number of halogens is 1. The summed E-state index contributed by atoms with van der Waals surface area (Å²) in [4.78, 5) is 42.8. The number of aliphatic hydroxyl groups is 1. The fraction of sp³-hybridized carbons (Fsp3) is 0.286. The minimum atomic E-state index is -0.910. The van der Waals surface area contributed by atoms with Gasteiger partial charge in [-0.1, -0.05) is 72.8 Å². The fourth-order valence-corrected chi connectivity index (χ4v) is 8.25. The molecule has 0 spiro atoms. The fourth-order valence-electron chi connectivity index (χ4n) is 8.25. The van der Waals surface area contributed by atoms with Crippen LogP contribution in [0.2, 0.25) is 0 Å². The molecule has 3 atom stereocenters. The number of pyridine rings is 1. The van der Waals surface area contributed by atoms with Gasteiger partial charge in [0, 0.05) is 30.1 Å². The van der Waals surface area contributed by atoms with Gasteiger partial charge in [-0.25, -0.2) is 14.0 Å². The molecule has 5 N–H and O–H groups in total. The van der Waals surface area contributed by atoms with E-state index in [2.05, 4.69) is 20.5 Å². The lowest BCUT2D eigenvalue weighted by Gasteiger charge is -2.43. The number of fused-ring (bicyclic) bond motifs is 4. The number of hydrogen-bond acceptors (Lipinski definition) is 10. The number of aliphatic hydroxyl groups excluding tert-OH is 1. The van der Waals surface area contributed by atoms with E-state index in [-0.39, 0.29) is 48.3 Å². The summed E-state index contributed by atoms with van der Waals surface area (Å²) in [6.45, 7) is 3.56. The number of rotatable bonds is 16. The Kier molecular flexibility index (Phi) is 13.2. The summed E-state index contributed by atoms with van der Waals surface area (Å²) in [6, 6.07) is 34.4. The van der Waals surface area contributed by atoms with Crippen LogP contribution in [0, 0.1) is 11.7 Å². The van der Waals surface area contributed by atoms with Gasteiger partial charge in [0.15, 0.2) is 0 Å². The minimum Gasteiger partial charge on any atom is -0.506 e. The molecule has 9 rings (SSSR count). The molecule has 2 bridgehead atoms. The number of alkyl carbamates (subject to hydrolysis) is 1. The number of carbonyl (C=O) groups is 2. The molecule has 4 heterocycles. The standard InChI is InChI=1S/C49H49FN4O8/c50-41-25-31(19-22-51-27-43(56)39-15-17-42(55)47-40(39)16-18-45(57)52-47)9-14-37(41)30-61-48(58)35-12-10-32(11-13-35)29-60-38-8-4-7-36(26-38)46(34-5-2-1-3-6-34)53-49(59)62-44-28-54-23-20-33(44)21-24-54/h1-18,25-26,33,43-44,46,51,55-56H,19-24,27-30H2,(H,52,57)(H,53,59)/t43-,44+,46?/m0/s1. The van der Waals surface area contributed by atoms with Crippen molar-refractivity contribution < 1.29 is 38.4 Å². The Bertz CT molecular complexity index is 2560. The van der Waals surface area contributed by atoms with Crippen molar-refractivity contribution in [2.24, 2.45) is 5.92 Å². The number of carbonyl (C=O) groups excluding carboxylic acids is 2. The third-order valence-electron chi connectivity index (χ3n) is 11.7. The van der Waals surface area contributed by atoms with Crippen LogP contribution in [-0.4, -0.2) is 71.0 Å². The zero-order valence-corrected chi connectivity index (χ0v) is 34.1. The molecule has 1 aromatic heterocycles. The van der Waals surface area contributed by atoms with E-state index in [1.165, 1.54) is 18.2 Å². The van der Waals surface area contributed by atoms with Gasteiger partial charge in [0.2, 0.25) is 5.56 Å². The highest BCUT2D eigenvalue weighted by Crippen LogP contribution is 2.32. The minimum absolute atomic E-state index is 0.0824. The average molecular weight is 841 g/mol. The van der Waals surface area contributed by atoms with E-state index in [0.717, 1.165) is 54.7 Å². The molecule has 0 radical (unpaired) electrons.